The van der Waals surface area contributed by atoms with Gasteiger partial charge in [0.25, 0.3) is 5.91 Å². The summed E-state index contributed by atoms with van der Waals surface area (Å²) in [6.07, 6.45) is -0.762. The van der Waals surface area contributed by atoms with Crippen LogP contribution in [-0.2, 0) is 19.1 Å². The Morgan fingerprint density at radius 3 is 2.46 bits per heavy atom. The van der Waals surface area contributed by atoms with Crippen LogP contribution in [0.3, 0.4) is 0 Å². The number of hydrazone groups is 1. The van der Waals surface area contributed by atoms with E-state index >= 15 is 0 Å². The lowest BCUT2D eigenvalue weighted by atomic mass is 10.2. The molecule has 1 aromatic rings. The van der Waals surface area contributed by atoms with Gasteiger partial charge in [-0.3, -0.25) is 14.4 Å². The largest absolute Gasteiger partial charge is 0.448 e. The van der Waals surface area contributed by atoms with Crippen molar-refractivity contribution in [3.8, 4) is 0 Å². The third kappa shape index (κ3) is 4.38. The van der Waals surface area contributed by atoms with Gasteiger partial charge in [-0.05, 0) is 31.2 Å². The molecule has 0 unspecified atom stereocenters. The zero-order chi connectivity index (χ0) is 17.7. The van der Waals surface area contributed by atoms with Crippen molar-refractivity contribution in [3.63, 3.8) is 0 Å². The van der Waals surface area contributed by atoms with E-state index in [-0.39, 0.29) is 24.5 Å². The molecular weight excluding hydrogens is 316 g/mol. The smallest absolute Gasteiger partial charge is 0.355 e. The lowest BCUT2D eigenvalue weighted by Gasteiger charge is -2.16. The number of rotatable bonds is 5. The molecule has 9 nitrogen and oxygen atoms in total. The monoisotopic (exact) mass is 332 g/mol. The molecule has 24 heavy (non-hydrogen) atoms. The van der Waals surface area contributed by atoms with Crippen LogP contribution < -0.4 is 16.5 Å². The molecule has 0 aliphatic carbocycles. The van der Waals surface area contributed by atoms with Gasteiger partial charge in [0.15, 0.2) is 6.10 Å². The molecule has 1 aliphatic heterocycles. The van der Waals surface area contributed by atoms with Crippen LogP contribution in [0.5, 0.6) is 0 Å². The zero-order valence-corrected chi connectivity index (χ0v) is 12.9. The van der Waals surface area contributed by atoms with Crippen molar-refractivity contribution in [3.05, 3.63) is 29.8 Å². The van der Waals surface area contributed by atoms with Crippen molar-refractivity contribution < 1.29 is 23.9 Å². The quantitative estimate of drug-likeness (QED) is 0.647. The van der Waals surface area contributed by atoms with Crippen LogP contribution in [0.2, 0.25) is 0 Å². The minimum atomic E-state index is -1.06. The highest BCUT2D eigenvalue weighted by atomic mass is 16.5. The highest BCUT2D eigenvalue weighted by Gasteiger charge is 2.24. The molecule has 0 fully saturated rings. The number of nitrogens with one attached hydrogen (secondary N) is 2. The first-order valence-corrected chi connectivity index (χ1v) is 7.14. The minimum Gasteiger partial charge on any atom is -0.448 e. The number of primary amides is 1. The predicted octanol–water partition coefficient (Wildman–Crippen LogP) is -0.0783. The molecular formula is C15H16N4O5. The number of carbonyl (C=O) groups excluding carboxylic acids is 4. The number of nitrogens with two attached hydrogens (primary N) is 1. The van der Waals surface area contributed by atoms with E-state index in [1.54, 1.807) is 0 Å². The second-order valence-corrected chi connectivity index (χ2v) is 5.07. The normalized spacial score (nSPS) is 14.9. The van der Waals surface area contributed by atoms with Crippen LogP contribution in [-0.4, -0.2) is 35.5 Å². The van der Waals surface area contributed by atoms with Gasteiger partial charge in [-0.1, -0.05) is 0 Å². The number of carbonyl (C=O) groups is 4. The number of nitrogens with zero attached hydrogens (tertiary/aromatic N) is 1. The third-order valence-corrected chi connectivity index (χ3v) is 3.23. The lowest BCUT2D eigenvalue weighted by molar-refractivity contribution is -0.146. The molecule has 0 aromatic heterocycles. The van der Waals surface area contributed by atoms with Gasteiger partial charge >= 0.3 is 5.97 Å². The molecule has 0 spiro atoms. The standard InChI is InChI=1S/C15H16N4O5/c1-8(24-15(23)11-6-7-12(20)19-18-11)14(22)17-10-4-2-9(3-5-10)13(16)21/h2-5,8H,6-7H2,1H3,(H2,16,21)(H,17,22)(H,19,20)/t8-/m0/s1. The van der Waals surface area contributed by atoms with Crippen LogP contribution in [0, 0.1) is 0 Å². The Bertz CT molecular complexity index is 711. The highest BCUT2D eigenvalue weighted by molar-refractivity contribution is 6.37. The second kappa shape index (κ2) is 7.36. The molecule has 1 heterocycles. The van der Waals surface area contributed by atoms with E-state index in [9.17, 15) is 19.2 Å². The van der Waals surface area contributed by atoms with Crippen molar-refractivity contribution in [2.75, 3.05) is 5.32 Å². The fourth-order valence-electron chi connectivity index (χ4n) is 1.87. The first-order chi connectivity index (χ1) is 11.4. The Morgan fingerprint density at radius 1 is 1.25 bits per heavy atom. The van der Waals surface area contributed by atoms with Crippen LogP contribution in [0.4, 0.5) is 5.69 Å². The number of amides is 3. The number of hydrogen-bond acceptors (Lipinski definition) is 6. The molecule has 0 saturated carbocycles. The van der Waals surface area contributed by atoms with Crippen molar-refractivity contribution >= 4 is 35.1 Å². The number of ether oxygens (including phenoxy) is 1. The van der Waals surface area contributed by atoms with E-state index in [0.717, 1.165) is 0 Å². The molecule has 3 amide bonds. The lowest BCUT2D eigenvalue weighted by Crippen LogP contribution is -2.35. The molecule has 1 aliphatic rings. The summed E-state index contributed by atoms with van der Waals surface area (Å²) >= 11 is 0. The first kappa shape index (κ1) is 17.1. The van der Waals surface area contributed by atoms with Gasteiger partial charge in [0.05, 0.1) is 0 Å². The van der Waals surface area contributed by atoms with E-state index in [2.05, 4.69) is 15.8 Å². The Kier molecular flexibility index (Phi) is 5.25. The molecule has 1 aromatic carbocycles. The Balaban J connectivity index is 1.91. The van der Waals surface area contributed by atoms with Crippen molar-refractivity contribution in [2.45, 2.75) is 25.9 Å². The van der Waals surface area contributed by atoms with Crippen LogP contribution in [0.1, 0.15) is 30.1 Å². The van der Waals surface area contributed by atoms with Gasteiger partial charge in [0.1, 0.15) is 5.71 Å². The maximum Gasteiger partial charge on any atom is 0.355 e. The maximum absolute atomic E-state index is 12.0. The van der Waals surface area contributed by atoms with Gasteiger partial charge in [-0.2, -0.15) is 5.10 Å². The average molecular weight is 332 g/mol. The van der Waals surface area contributed by atoms with E-state index in [1.807, 2.05) is 0 Å². The fraction of sp³-hybridized carbons (Fsp3) is 0.267. The van der Waals surface area contributed by atoms with Gasteiger partial charge < -0.3 is 15.8 Å². The Hall–Kier alpha value is -3.23. The summed E-state index contributed by atoms with van der Waals surface area (Å²) in [5.74, 6) is -2.16. The molecule has 126 valence electrons. The molecule has 1 atom stereocenters. The van der Waals surface area contributed by atoms with Crippen LogP contribution >= 0.6 is 0 Å². The van der Waals surface area contributed by atoms with Gasteiger partial charge in [-0.15, -0.1) is 0 Å². The summed E-state index contributed by atoms with van der Waals surface area (Å²) in [7, 11) is 0. The molecule has 2 rings (SSSR count). The van der Waals surface area contributed by atoms with E-state index in [4.69, 9.17) is 10.5 Å². The summed E-state index contributed by atoms with van der Waals surface area (Å²) in [5, 5.41) is 6.15. The van der Waals surface area contributed by atoms with E-state index in [0.29, 0.717) is 11.3 Å². The summed E-state index contributed by atoms with van der Waals surface area (Å²) in [6, 6.07) is 5.95. The average Bonchev–Trinajstić information content (AvgIpc) is 2.55. The van der Waals surface area contributed by atoms with Gasteiger partial charge in [-0.25, -0.2) is 10.2 Å². The summed E-state index contributed by atoms with van der Waals surface area (Å²) in [4.78, 5) is 45.8. The number of benzene rings is 1. The highest BCUT2D eigenvalue weighted by Crippen LogP contribution is 2.11. The van der Waals surface area contributed by atoms with Gasteiger partial charge in [0.2, 0.25) is 11.8 Å². The van der Waals surface area contributed by atoms with Crippen LogP contribution in [0.25, 0.3) is 0 Å². The number of esters is 1. The molecule has 4 N–H and O–H groups in total. The van der Waals surface area contributed by atoms with E-state index in [1.165, 1.54) is 31.2 Å². The Labute approximate surface area is 137 Å². The third-order valence-electron chi connectivity index (χ3n) is 3.23. The SMILES string of the molecule is C[C@H](OC(=O)C1=NNC(=O)CC1)C(=O)Nc1ccc(C(N)=O)cc1. The van der Waals surface area contributed by atoms with Crippen molar-refractivity contribution in [2.24, 2.45) is 10.8 Å². The number of anilines is 1. The molecule has 0 radical (unpaired) electrons. The molecule has 9 heteroatoms. The van der Waals surface area contributed by atoms with Crippen LogP contribution in [0.15, 0.2) is 29.4 Å². The summed E-state index contributed by atoms with van der Waals surface area (Å²) < 4.78 is 5.01. The minimum absolute atomic E-state index is 0.0556. The molecule has 0 saturated heterocycles. The molecule has 0 bridgehead atoms. The topological polar surface area (TPSA) is 140 Å². The first-order valence-electron chi connectivity index (χ1n) is 7.14. The van der Waals surface area contributed by atoms with Crippen molar-refractivity contribution in [1.82, 2.24) is 5.43 Å². The number of hydrogen-bond donors (Lipinski definition) is 3. The van der Waals surface area contributed by atoms with Crippen molar-refractivity contribution in [1.29, 1.82) is 0 Å². The fourth-order valence-corrected chi connectivity index (χ4v) is 1.87. The second-order valence-electron chi connectivity index (χ2n) is 5.07. The maximum atomic E-state index is 12.0. The predicted molar refractivity (Wildman–Crippen MR) is 84.0 cm³/mol. The zero-order valence-electron chi connectivity index (χ0n) is 12.9. The summed E-state index contributed by atoms with van der Waals surface area (Å²) in [6.45, 7) is 1.41. The van der Waals surface area contributed by atoms with E-state index < -0.39 is 23.9 Å². The summed E-state index contributed by atoms with van der Waals surface area (Å²) in [5.41, 5.74) is 8.10. The van der Waals surface area contributed by atoms with Gasteiger partial charge in [0, 0.05) is 24.1 Å². The Morgan fingerprint density at radius 2 is 1.92 bits per heavy atom.